The second kappa shape index (κ2) is 7.50. The number of hydrogen-bond acceptors (Lipinski definition) is 3. The predicted octanol–water partition coefficient (Wildman–Crippen LogP) is 3.04. The SMILES string of the molecule is Cl.Oc1cc(Cl)cc(Cl)c1[C@H](CF)N1CCNCC1. The van der Waals surface area contributed by atoms with E-state index in [0.717, 1.165) is 26.2 Å². The highest BCUT2D eigenvalue weighted by atomic mass is 35.5. The number of piperazine rings is 1. The second-order valence-corrected chi connectivity index (χ2v) is 5.12. The van der Waals surface area contributed by atoms with E-state index in [0.29, 0.717) is 15.6 Å². The topological polar surface area (TPSA) is 35.5 Å². The van der Waals surface area contributed by atoms with Crippen LogP contribution < -0.4 is 5.32 Å². The number of halogens is 4. The van der Waals surface area contributed by atoms with Gasteiger partial charge in [-0.05, 0) is 12.1 Å². The highest BCUT2D eigenvalue weighted by Gasteiger charge is 2.26. The predicted molar refractivity (Wildman–Crippen MR) is 78.5 cm³/mol. The Hall–Kier alpha value is -0.260. The van der Waals surface area contributed by atoms with E-state index in [9.17, 15) is 9.50 Å². The van der Waals surface area contributed by atoms with Gasteiger partial charge in [0, 0.05) is 36.8 Å². The molecule has 1 aliphatic rings. The van der Waals surface area contributed by atoms with Gasteiger partial charge < -0.3 is 10.4 Å². The first-order valence-corrected chi connectivity index (χ1v) is 6.57. The van der Waals surface area contributed by atoms with E-state index in [1.165, 1.54) is 12.1 Å². The average molecular weight is 330 g/mol. The first kappa shape index (κ1) is 16.8. The number of phenolic OH excluding ortho intramolecular Hbond substituents is 1. The molecule has 0 unspecified atom stereocenters. The number of hydrogen-bond donors (Lipinski definition) is 2. The smallest absolute Gasteiger partial charge is 0.123 e. The Morgan fingerprint density at radius 2 is 1.95 bits per heavy atom. The van der Waals surface area contributed by atoms with Crippen molar-refractivity contribution < 1.29 is 9.50 Å². The molecule has 1 heterocycles. The van der Waals surface area contributed by atoms with Gasteiger partial charge in [-0.15, -0.1) is 12.4 Å². The van der Waals surface area contributed by atoms with Crippen LogP contribution in [0.15, 0.2) is 12.1 Å². The zero-order valence-corrected chi connectivity index (χ0v) is 12.5. The number of nitrogens with one attached hydrogen (secondary N) is 1. The fourth-order valence-electron chi connectivity index (χ4n) is 2.25. The molecule has 2 rings (SSSR count). The summed E-state index contributed by atoms with van der Waals surface area (Å²) in [4.78, 5) is 1.98. The minimum absolute atomic E-state index is 0. The standard InChI is InChI=1S/C12H15Cl2FN2O.ClH/c13-8-5-9(14)12(11(18)6-8)10(7-15)17-3-1-16-2-4-17;/h5-6,10,16,18H,1-4,7H2;1H/t10-;/m0./s1. The van der Waals surface area contributed by atoms with Crippen molar-refractivity contribution in [3.63, 3.8) is 0 Å². The summed E-state index contributed by atoms with van der Waals surface area (Å²) in [7, 11) is 0. The Morgan fingerprint density at radius 3 is 2.47 bits per heavy atom. The number of aromatic hydroxyl groups is 1. The van der Waals surface area contributed by atoms with E-state index < -0.39 is 12.7 Å². The fraction of sp³-hybridized carbons (Fsp3) is 0.500. The first-order chi connectivity index (χ1) is 8.63. The molecule has 1 saturated heterocycles. The van der Waals surface area contributed by atoms with Gasteiger partial charge in [0.15, 0.2) is 0 Å². The van der Waals surface area contributed by atoms with E-state index >= 15 is 0 Å². The molecular weight excluding hydrogens is 314 g/mol. The monoisotopic (exact) mass is 328 g/mol. The Kier molecular flexibility index (Phi) is 6.63. The van der Waals surface area contributed by atoms with Gasteiger partial charge in [0.2, 0.25) is 0 Å². The molecule has 0 aromatic heterocycles. The fourth-order valence-corrected chi connectivity index (χ4v) is 2.86. The molecule has 1 aromatic carbocycles. The number of alkyl halides is 1. The summed E-state index contributed by atoms with van der Waals surface area (Å²) in [6.45, 7) is 2.49. The van der Waals surface area contributed by atoms with Crippen molar-refractivity contribution in [3.05, 3.63) is 27.7 Å². The highest BCUT2D eigenvalue weighted by molar-refractivity contribution is 6.35. The third kappa shape index (κ3) is 3.86. The molecule has 108 valence electrons. The molecule has 0 bridgehead atoms. The van der Waals surface area contributed by atoms with E-state index in [1.54, 1.807) is 0 Å². The van der Waals surface area contributed by atoms with Crippen LogP contribution in [0.5, 0.6) is 5.75 Å². The molecule has 0 aliphatic carbocycles. The van der Waals surface area contributed by atoms with Gasteiger partial charge in [0.1, 0.15) is 12.4 Å². The lowest BCUT2D eigenvalue weighted by Gasteiger charge is -2.34. The zero-order valence-electron chi connectivity index (χ0n) is 10.2. The summed E-state index contributed by atoms with van der Waals surface area (Å²) in [5.74, 6) is -0.0475. The third-order valence-electron chi connectivity index (χ3n) is 3.14. The molecule has 1 fully saturated rings. The van der Waals surface area contributed by atoms with Crippen LogP contribution in [-0.2, 0) is 0 Å². The number of rotatable bonds is 3. The van der Waals surface area contributed by atoms with Crippen molar-refractivity contribution >= 4 is 35.6 Å². The van der Waals surface area contributed by atoms with Gasteiger partial charge in [0.05, 0.1) is 11.1 Å². The maximum Gasteiger partial charge on any atom is 0.123 e. The molecule has 19 heavy (non-hydrogen) atoms. The van der Waals surface area contributed by atoms with E-state index in [4.69, 9.17) is 23.2 Å². The van der Waals surface area contributed by atoms with Crippen molar-refractivity contribution in [2.75, 3.05) is 32.9 Å². The maximum absolute atomic E-state index is 13.3. The quantitative estimate of drug-likeness (QED) is 0.895. The van der Waals surface area contributed by atoms with Crippen molar-refractivity contribution in [1.82, 2.24) is 10.2 Å². The van der Waals surface area contributed by atoms with Gasteiger partial charge >= 0.3 is 0 Å². The van der Waals surface area contributed by atoms with Crippen LogP contribution in [-0.4, -0.2) is 42.9 Å². The van der Waals surface area contributed by atoms with Gasteiger partial charge in [0.25, 0.3) is 0 Å². The molecule has 1 aromatic rings. The van der Waals surface area contributed by atoms with Crippen LogP contribution >= 0.6 is 35.6 Å². The van der Waals surface area contributed by atoms with Gasteiger partial charge in [-0.25, -0.2) is 4.39 Å². The molecule has 7 heteroatoms. The Balaban J connectivity index is 0.00000180. The van der Waals surface area contributed by atoms with Gasteiger partial charge in [-0.3, -0.25) is 4.90 Å². The molecular formula is C12H16Cl3FN2O. The Bertz CT molecular complexity index is 404. The highest BCUT2D eigenvalue weighted by Crippen LogP contribution is 2.37. The van der Waals surface area contributed by atoms with Crippen LogP contribution in [0.4, 0.5) is 4.39 Å². The summed E-state index contributed by atoms with van der Waals surface area (Å²) in [5, 5.41) is 13.8. The minimum Gasteiger partial charge on any atom is -0.507 e. The lowest BCUT2D eigenvalue weighted by atomic mass is 10.0. The molecule has 0 amide bonds. The van der Waals surface area contributed by atoms with Crippen molar-refractivity contribution in [3.8, 4) is 5.75 Å². The molecule has 0 saturated carbocycles. The molecule has 0 radical (unpaired) electrons. The number of phenols is 1. The molecule has 2 N–H and O–H groups in total. The normalized spacial score (nSPS) is 17.8. The van der Waals surface area contributed by atoms with Crippen molar-refractivity contribution in [2.24, 2.45) is 0 Å². The molecule has 3 nitrogen and oxygen atoms in total. The Labute approximate surface area is 128 Å². The zero-order chi connectivity index (χ0) is 13.1. The van der Waals surface area contributed by atoms with Crippen LogP contribution in [0.25, 0.3) is 0 Å². The van der Waals surface area contributed by atoms with E-state index in [1.807, 2.05) is 4.90 Å². The maximum atomic E-state index is 13.3. The summed E-state index contributed by atoms with van der Waals surface area (Å²) in [6.07, 6.45) is 0. The van der Waals surface area contributed by atoms with Gasteiger partial charge in [-0.2, -0.15) is 0 Å². The largest absolute Gasteiger partial charge is 0.507 e. The van der Waals surface area contributed by atoms with E-state index in [2.05, 4.69) is 5.32 Å². The second-order valence-electron chi connectivity index (χ2n) is 4.28. The van der Waals surface area contributed by atoms with E-state index in [-0.39, 0.29) is 18.2 Å². The van der Waals surface area contributed by atoms with Crippen LogP contribution in [0.1, 0.15) is 11.6 Å². The number of benzene rings is 1. The number of nitrogens with zero attached hydrogens (tertiary/aromatic N) is 1. The molecule has 0 spiro atoms. The summed E-state index contributed by atoms with van der Waals surface area (Å²) >= 11 is 11.9. The first-order valence-electron chi connectivity index (χ1n) is 5.82. The van der Waals surface area contributed by atoms with Crippen molar-refractivity contribution in [1.29, 1.82) is 0 Å². The Morgan fingerprint density at radius 1 is 1.32 bits per heavy atom. The third-order valence-corrected chi connectivity index (χ3v) is 3.68. The van der Waals surface area contributed by atoms with Crippen molar-refractivity contribution in [2.45, 2.75) is 6.04 Å². The van der Waals surface area contributed by atoms with Crippen LogP contribution in [0.3, 0.4) is 0 Å². The summed E-state index contributed by atoms with van der Waals surface area (Å²) in [6, 6.07) is 2.41. The van der Waals surface area contributed by atoms with Gasteiger partial charge in [-0.1, -0.05) is 23.2 Å². The molecule has 1 atom stereocenters. The summed E-state index contributed by atoms with van der Waals surface area (Å²) in [5.41, 5.74) is 0.422. The lowest BCUT2D eigenvalue weighted by Crippen LogP contribution is -2.45. The van der Waals surface area contributed by atoms with Crippen LogP contribution in [0.2, 0.25) is 10.0 Å². The van der Waals surface area contributed by atoms with Crippen LogP contribution in [0, 0.1) is 0 Å². The summed E-state index contributed by atoms with van der Waals surface area (Å²) < 4.78 is 13.3. The lowest BCUT2D eigenvalue weighted by molar-refractivity contribution is 0.145. The average Bonchev–Trinajstić information content (AvgIpc) is 2.34. The molecule has 1 aliphatic heterocycles. The minimum atomic E-state index is -0.588.